The summed E-state index contributed by atoms with van der Waals surface area (Å²) in [5.41, 5.74) is 2.11. The first-order valence-electron chi connectivity index (χ1n) is 6.00. The molecule has 2 rings (SSSR count). The maximum absolute atomic E-state index is 12.3. The van der Waals surface area contributed by atoms with Crippen LogP contribution in [0.5, 0.6) is 0 Å². The normalized spacial score (nSPS) is 11.2. The van der Waals surface area contributed by atoms with E-state index < -0.39 is 0 Å². The molecular formula is C16H13NaO2Se. The van der Waals surface area contributed by atoms with Gasteiger partial charge in [-0.2, -0.15) is 0 Å². The SMILES string of the molecule is CC(C(=O)[Se-])c1cccc(C(=O)c2ccccc2)c1.[Na+]. The second kappa shape index (κ2) is 7.92. The van der Waals surface area contributed by atoms with Crippen molar-refractivity contribution >= 4 is 26.5 Å². The molecule has 0 aliphatic rings. The average Bonchev–Trinajstić information content (AvgIpc) is 2.46. The minimum Gasteiger partial charge on any atom is 1.00 e. The molecule has 96 valence electrons. The van der Waals surface area contributed by atoms with Gasteiger partial charge in [-0.1, -0.05) is 0 Å². The number of ketones is 1. The van der Waals surface area contributed by atoms with Gasteiger partial charge in [-0.25, -0.2) is 0 Å². The second-order valence-corrected chi connectivity index (χ2v) is 5.21. The van der Waals surface area contributed by atoms with Gasteiger partial charge in [0.25, 0.3) is 0 Å². The Bertz CT molecular complexity index is 611. The third kappa shape index (κ3) is 4.14. The Kier molecular flexibility index (Phi) is 6.87. The van der Waals surface area contributed by atoms with Crippen LogP contribution in [0.25, 0.3) is 0 Å². The van der Waals surface area contributed by atoms with Crippen LogP contribution in [0.1, 0.15) is 34.3 Å². The third-order valence-electron chi connectivity index (χ3n) is 3.04. The van der Waals surface area contributed by atoms with Crippen molar-refractivity contribution in [1.29, 1.82) is 0 Å². The van der Waals surface area contributed by atoms with Gasteiger partial charge in [-0.15, -0.1) is 0 Å². The van der Waals surface area contributed by atoms with Crippen LogP contribution < -0.4 is 29.6 Å². The third-order valence-corrected chi connectivity index (χ3v) is 3.78. The average molecular weight is 339 g/mol. The van der Waals surface area contributed by atoms with Crippen LogP contribution in [0.2, 0.25) is 0 Å². The summed E-state index contributed by atoms with van der Waals surface area (Å²) in [5.74, 6) is -0.259. The molecular weight excluding hydrogens is 326 g/mol. The van der Waals surface area contributed by atoms with Crippen LogP contribution in [-0.4, -0.2) is 26.5 Å². The Morgan fingerprint density at radius 3 is 2.15 bits per heavy atom. The van der Waals surface area contributed by atoms with Gasteiger partial charge in [0.05, 0.1) is 0 Å². The fourth-order valence-electron chi connectivity index (χ4n) is 1.84. The molecule has 1 atom stereocenters. The summed E-state index contributed by atoms with van der Waals surface area (Å²) in [6.07, 6.45) is 0. The Labute approximate surface area is 149 Å². The zero-order valence-electron chi connectivity index (χ0n) is 11.5. The summed E-state index contributed by atoms with van der Waals surface area (Å²) in [6, 6.07) is 16.4. The standard InChI is InChI=1S/C16H14O2Se.Na/c1-11(16(18)19)13-8-5-9-14(10-13)15(17)12-6-3-2-4-7-12;/h2-11H,1H3,(H,18,19);/q;+1/p-1. The van der Waals surface area contributed by atoms with Crippen LogP contribution >= 0.6 is 0 Å². The molecule has 2 nitrogen and oxygen atoms in total. The number of hydrogen-bond donors (Lipinski definition) is 0. The predicted octanol–water partition coefficient (Wildman–Crippen LogP) is -0.280. The molecule has 0 heterocycles. The van der Waals surface area contributed by atoms with Crippen molar-refractivity contribution in [2.75, 3.05) is 0 Å². The van der Waals surface area contributed by atoms with E-state index in [0.29, 0.717) is 11.1 Å². The fourth-order valence-corrected chi connectivity index (χ4v) is 2.13. The van der Waals surface area contributed by atoms with E-state index in [0.717, 1.165) is 5.56 Å². The van der Waals surface area contributed by atoms with Crippen molar-refractivity contribution in [2.45, 2.75) is 12.8 Å². The molecule has 0 saturated heterocycles. The predicted molar refractivity (Wildman–Crippen MR) is 75.5 cm³/mol. The van der Waals surface area contributed by atoms with Gasteiger partial charge in [0.1, 0.15) is 0 Å². The van der Waals surface area contributed by atoms with Crippen molar-refractivity contribution in [1.82, 2.24) is 0 Å². The van der Waals surface area contributed by atoms with Gasteiger partial charge in [-0.05, 0) is 0 Å². The number of carbonyl (C=O) groups is 2. The zero-order valence-corrected chi connectivity index (χ0v) is 15.2. The first kappa shape index (κ1) is 17.4. The monoisotopic (exact) mass is 340 g/mol. The molecule has 2 aromatic rings. The van der Waals surface area contributed by atoms with E-state index in [9.17, 15) is 9.59 Å². The topological polar surface area (TPSA) is 34.1 Å². The maximum atomic E-state index is 12.3. The zero-order chi connectivity index (χ0) is 13.8. The Morgan fingerprint density at radius 1 is 0.950 bits per heavy atom. The minimum absolute atomic E-state index is 0. The van der Waals surface area contributed by atoms with Crippen LogP contribution in [-0.2, 0) is 4.79 Å². The van der Waals surface area contributed by atoms with E-state index in [1.165, 1.54) is 0 Å². The van der Waals surface area contributed by atoms with Crippen LogP contribution in [0, 0.1) is 0 Å². The van der Waals surface area contributed by atoms with Crippen LogP contribution in [0.4, 0.5) is 0 Å². The number of rotatable bonds is 4. The Hall–Kier alpha value is -0.701. The van der Waals surface area contributed by atoms with Gasteiger partial charge in [0.2, 0.25) is 0 Å². The maximum Gasteiger partial charge on any atom is 1.00 e. The van der Waals surface area contributed by atoms with Crippen molar-refractivity contribution in [3.05, 3.63) is 71.3 Å². The van der Waals surface area contributed by atoms with Gasteiger partial charge < -0.3 is 0 Å². The summed E-state index contributed by atoms with van der Waals surface area (Å²) >= 11 is 2.49. The summed E-state index contributed by atoms with van der Waals surface area (Å²) in [7, 11) is 0. The Morgan fingerprint density at radius 2 is 1.55 bits per heavy atom. The van der Waals surface area contributed by atoms with Gasteiger partial charge in [-0.3, -0.25) is 0 Å². The summed E-state index contributed by atoms with van der Waals surface area (Å²) in [5, 5.41) is 0. The molecule has 0 spiro atoms. The van der Waals surface area contributed by atoms with Gasteiger partial charge in [0, 0.05) is 0 Å². The Balaban J connectivity index is 0.00000200. The number of benzene rings is 2. The van der Waals surface area contributed by atoms with E-state index in [1.54, 1.807) is 24.3 Å². The van der Waals surface area contributed by atoms with Crippen molar-refractivity contribution < 1.29 is 39.1 Å². The van der Waals surface area contributed by atoms with E-state index >= 15 is 0 Å². The van der Waals surface area contributed by atoms with E-state index in [-0.39, 0.29) is 45.9 Å². The molecule has 0 amide bonds. The van der Waals surface area contributed by atoms with E-state index in [1.807, 2.05) is 37.3 Å². The molecule has 0 radical (unpaired) electrons. The summed E-state index contributed by atoms with van der Waals surface area (Å²) in [6.45, 7) is 1.82. The van der Waals surface area contributed by atoms with Crippen LogP contribution in [0.15, 0.2) is 54.6 Å². The molecule has 4 heteroatoms. The van der Waals surface area contributed by atoms with E-state index in [2.05, 4.69) is 16.0 Å². The molecule has 2 aromatic carbocycles. The molecule has 1 unspecified atom stereocenters. The molecule has 0 aliphatic carbocycles. The molecule has 20 heavy (non-hydrogen) atoms. The fraction of sp³-hybridized carbons (Fsp3) is 0.125. The molecule has 0 saturated carbocycles. The minimum atomic E-state index is -0.233. The van der Waals surface area contributed by atoms with Crippen LogP contribution in [0.3, 0.4) is 0 Å². The van der Waals surface area contributed by atoms with Crippen molar-refractivity contribution in [3.8, 4) is 0 Å². The van der Waals surface area contributed by atoms with Gasteiger partial charge in [0.15, 0.2) is 0 Å². The number of hydrogen-bond acceptors (Lipinski definition) is 2. The van der Waals surface area contributed by atoms with Gasteiger partial charge >= 0.3 is 150 Å². The summed E-state index contributed by atoms with van der Waals surface area (Å²) < 4.78 is -0.0238. The largest absolute Gasteiger partial charge is 1.00 e. The smallest absolute Gasteiger partial charge is 1.00 e. The molecule has 0 N–H and O–H groups in total. The van der Waals surface area contributed by atoms with E-state index in [4.69, 9.17) is 0 Å². The molecule has 0 bridgehead atoms. The molecule has 0 aromatic heterocycles. The number of carbonyl (C=O) groups excluding carboxylic acids is 2. The first-order chi connectivity index (χ1) is 9.09. The first-order valence-corrected chi connectivity index (χ1v) is 6.86. The van der Waals surface area contributed by atoms with Crippen molar-refractivity contribution in [2.24, 2.45) is 0 Å². The second-order valence-electron chi connectivity index (χ2n) is 4.36. The molecule has 0 aliphatic heterocycles. The summed E-state index contributed by atoms with van der Waals surface area (Å²) in [4.78, 5) is 23.7. The van der Waals surface area contributed by atoms with Crippen molar-refractivity contribution in [3.63, 3.8) is 0 Å². The quantitative estimate of drug-likeness (QED) is 0.567. The molecule has 0 fully saturated rings.